The number of piperidine rings is 1. The molecule has 0 unspecified atom stereocenters. The van der Waals surface area contributed by atoms with E-state index < -0.39 is 6.43 Å². The van der Waals surface area contributed by atoms with Crippen LogP contribution in [0.2, 0.25) is 0 Å². The maximum Gasteiger partial charge on any atom is 0.251 e. The molecule has 1 heterocycles. The third-order valence-corrected chi connectivity index (χ3v) is 4.33. The van der Waals surface area contributed by atoms with Crippen LogP contribution >= 0.6 is 24.0 Å². The van der Waals surface area contributed by atoms with Crippen LogP contribution in [0.15, 0.2) is 4.99 Å². The van der Waals surface area contributed by atoms with E-state index in [1.807, 2.05) is 4.90 Å². The number of aliphatic imine (C=N–C) groups is 1. The monoisotopic (exact) mass is 446 g/mol. The van der Waals surface area contributed by atoms with E-state index in [1.165, 1.54) is 0 Å². The number of nitrogens with one attached hydrogen (secondary N) is 2. The number of likely N-dealkylation sites (tertiary alicyclic amines) is 1. The Morgan fingerprint density at radius 2 is 1.78 bits per heavy atom. The summed E-state index contributed by atoms with van der Waals surface area (Å²) in [6, 6.07) is 0.327. The van der Waals surface area contributed by atoms with Crippen molar-refractivity contribution >= 4 is 29.9 Å². The lowest BCUT2D eigenvalue weighted by Gasteiger charge is -2.32. The Bertz CT molecular complexity index is 317. The molecule has 1 aliphatic heterocycles. The van der Waals surface area contributed by atoms with Gasteiger partial charge >= 0.3 is 0 Å². The van der Waals surface area contributed by atoms with E-state index in [-0.39, 0.29) is 30.5 Å². The van der Waals surface area contributed by atoms with Crippen molar-refractivity contribution in [3.05, 3.63) is 0 Å². The molecule has 23 heavy (non-hydrogen) atoms. The molecule has 1 fully saturated rings. The molecule has 7 heteroatoms. The predicted octanol–water partition coefficient (Wildman–Crippen LogP) is 3.33. The van der Waals surface area contributed by atoms with E-state index in [0.717, 1.165) is 57.8 Å². The molecular weight excluding hydrogens is 413 g/mol. The molecule has 0 aromatic heterocycles. The first kappa shape index (κ1) is 22.8. The molecule has 0 radical (unpaired) electrons. The third-order valence-electron chi connectivity index (χ3n) is 4.33. The first-order chi connectivity index (χ1) is 10.6. The highest BCUT2D eigenvalue weighted by molar-refractivity contribution is 14.0. The Labute approximate surface area is 156 Å². The van der Waals surface area contributed by atoms with Crippen molar-refractivity contribution in [2.75, 3.05) is 32.7 Å². The number of nitrogens with zero attached hydrogens (tertiary/aromatic N) is 2. The van der Waals surface area contributed by atoms with Crippen LogP contribution in [-0.2, 0) is 0 Å². The Balaban J connectivity index is 0.00000484. The molecule has 0 saturated carbocycles. The van der Waals surface area contributed by atoms with Gasteiger partial charge in [0, 0.05) is 32.2 Å². The SMILES string of the molecule is CCNC(=NCC(CC)CC)NC1CCN(CC(F)F)CC1.I. The van der Waals surface area contributed by atoms with Crippen LogP contribution in [0.25, 0.3) is 0 Å². The van der Waals surface area contributed by atoms with E-state index in [2.05, 4.69) is 36.4 Å². The molecule has 1 rings (SSSR count). The van der Waals surface area contributed by atoms with Gasteiger partial charge in [-0.3, -0.25) is 9.89 Å². The second kappa shape index (κ2) is 13.1. The molecule has 138 valence electrons. The zero-order chi connectivity index (χ0) is 16.4. The van der Waals surface area contributed by atoms with E-state index in [0.29, 0.717) is 12.0 Å². The first-order valence-corrected chi connectivity index (χ1v) is 8.64. The molecule has 1 aliphatic rings. The summed E-state index contributed by atoms with van der Waals surface area (Å²) in [6.07, 6.45) is 1.84. The normalized spacial score (nSPS) is 17.4. The van der Waals surface area contributed by atoms with E-state index >= 15 is 0 Å². The predicted molar refractivity (Wildman–Crippen MR) is 104 cm³/mol. The lowest BCUT2D eigenvalue weighted by Crippen LogP contribution is -2.49. The lowest BCUT2D eigenvalue weighted by atomic mass is 10.0. The van der Waals surface area contributed by atoms with Crippen LogP contribution in [0.5, 0.6) is 0 Å². The average Bonchev–Trinajstić information content (AvgIpc) is 2.50. The zero-order valence-electron chi connectivity index (χ0n) is 14.7. The Kier molecular flexibility index (Phi) is 13.0. The van der Waals surface area contributed by atoms with Gasteiger partial charge in [-0.05, 0) is 25.7 Å². The van der Waals surface area contributed by atoms with Gasteiger partial charge in [0.25, 0.3) is 6.43 Å². The third kappa shape index (κ3) is 9.64. The maximum atomic E-state index is 12.4. The standard InChI is InChI=1S/C16H32F2N4.HI/c1-4-13(5-2)11-20-16(19-6-3)21-14-7-9-22(10-8-14)12-15(17)18;/h13-15H,4-12H2,1-3H3,(H2,19,20,21);1H. The van der Waals surface area contributed by atoms with Crippen molar-refractivity contribution in [2.24, 2.45) is 10.9 Å². The van der Waals surface area contributed by atoms with Gasteiger partial charge in [-0.2, -0.15) is 0 Å². The number of rotatable bonds is 8. The summed E-state index contributed by atoms with van der Waals surface area (Å²) in [5.41, 5.74) is 0. The van der Waals surface area contributed by atoms with Gasteiger partial charge in [-0.15, -0.1) is 24.0 Å². The van der Waals surface area contributed by atoms with E-state index in [4.69, 9.17) is 0 Å². The van der Waals surface area contributed by atoms with Crippen LogP contribution in [0.4, 0.5) is 8.78 Å². The van der Waals surface area contributed by atoms with Gasteiger partial charge in [0.05, 0.1) is 6.54 Å². The molecule has 1 saturated heterocycles. The van der Waals surface area contributed by atoms with Gasteiger partial charge in [0.2, 0.25) is 0 Å². The van der Waals surface area contributed by atoms with Gasteiger partial charge in [0.1, 0.15) is 0 Å². The largest absolute Gasteiger partial charge is 0.357 e. The summed E-state index contributed by atoms with van der Waals surface area (Å²) in [5, 5.41) is 6.74. The van der Waals surface area contributed by atoms with Crippen LogP contribution < -0.4 is 10.6 Å². The first-order valence-electron chi connectivity index (χ1n) is 8.64. The van der Waals surface area contributed by atoms with Crippen molar-refractivity contribution in [3.8, 4) is 0 Å². The molecule has 2 N–H and O–H groups in total. The minimum atomic E-state index is -2.23. The highest BCUT2D eigenvalue weighted by Gasteiger charge is 2.21. The second-order valence-electron chi connectivity index (χ2n) is 6.01. The molecule has 0 aliphatic carbocycles. The van der Waals surface area contributed by atoms with Gasteiger partial charge in [-0.1, -0.05) is 26.7 Å². The Hall–Kier alpha value is -0.180. The molecule has 0 amide bonds. The molecular formula is C16H33F2IN4. The highest BCUT2D eigenvalue weighted by Crippen LogP contribution is 2.12. The van der Waals surface area contributed by atoms with Crippen molar-refractivity contribution < 1.29 is 8.78 Å². The minimum Gasteiger partial charge on any atom is -0.357 e. The molecule has 0 atom stereocenters. The molecule has 0 aromatic carbocycles. The Morgan fingerprint density at radius 1 is 1.17 bits per heavy atom. The molecule has 0 aromatic rings. The van der Waals surface area contributed by atoms with Crippen LogP contribution in [0, 0.1) is 5.92 Å². The highest BCUT2D eigenvalue weighted by atomic mass is 127. The summed E-state index contributed by atoms with van der Waals surface area (Å²) in [6.45, 7) is 9.48. The fourth-order valence-corrected chi connectivity index (χ4v) is 2.74. The van der Waals surface area contributed by atoms with Crippen molar-refractivity contribution in [1.82, 2.24) is 15.5 Å². The summed E-state index contributed by atoms with van der Waals surface area (Å²) in [5.74, 6) is 1.49. The molecule has 4 nitrogen and oxygen atoms in total. The van der Waals surface area contributed by atoms with Crippen LogP contribution in [0.1, 0.15) is 46.5 Å². The van der Waals surface area contributed by atoms with Gasteiger partial charge in [-0.25, -0.2) is 8.78 Å². The van der Waals surface area contributed by atoms with Crippen molar-refractivity contribution in [2.45, 2.75) is 58.9 Å². The fraction of sp³-hybridized carbons (Fsp3) is 0.938. The number of hydrogen-bond donors (Lipinski definition) is 2. The van der Waals surface area contributed by atoms with Crippen LogP contribution in [-0.4, -0.2) is 56.1 Å². The van der Waals surface area contributed by atoms with E-state index in [1.54, 1.807) is 0 Å². The Morgan fingerprint density at radius 3 is 2.26 bits per heavy atom. The summed E-state index contributed by atoms with van der Waals surface area (Å²) in [4.78, 5) is 6.52. The van der Waals surface area contributed by atoms with Gasteiger partial charge in [0.15, 0.2) is 5.96 Å². The second-order valence-corrected chi connectivity index (χ2v) is 6.01. The number of hydrogen-bond acceptors (Lipinski definition) is 2. The van der Waals surface area contributed by atoms with E-state index in [9.17, 15) is 8.78 Å². The smallest absolute Gasteiger partial charge is 0.251 e. The molecule has 0 spiro atoms. The number of alkyl halides is 2. The number of halogens is 3. The van der Waals surface area contributed by atoms with Crippen molar-refractivity contribution in [3.63, 3.8) is 0 Å². The minimum absolute atomic E-state index is 0. The summed E-state index contributed by atoms with van der Waals surface area (Å²) in [7, 11) is 0. The quantitative estimate of drug-likeness (QED) is 0.342. The summed E-state index contributed by atoms with van der Waals surface area (Å²) < 4.78 is 24.8. The topological polar surface area (TPSA) is 39.7 Å². The van der Waals surface area contributed by atoms with Gasteiger partial charge < -0.3 is 10.6 Å². The average molecular weight is 446 g/mol. The lowest BCUT2D eigenvalue weighted by molar-refractivity contribution is 0.0744. The maximum absolute atomic E-state index is 12.4. The zero-order valence-corrected chi connectivity index (χ0v) is 17.0. The van der Waals surface area contributed by atoms with Crippen LogP contribution in [0.3, 0.4) is 0 Å². The fourth-order valence-electron chi connectivity index (χ4n) is 2.74. The summed E-state index contributed by atoms with van der Waals surface area (Å²) >= 11 is 0. The number of guanidine groups is 1. The van der Waals surface area contributed by atoms with Crippen molar-refractivity contribution in [1.29, 1.82) is 0 Å². The molecule has 0 bridgehead atoms.